The zero-order chi connectivity index (χ0) is 39.4. The van der Waals surface area contributed by atoms with Crippen molar-refractivity contribution < 1.29 is 28.6 Å². The van der Waals surface area contributed by atoms with Gasteiger partial charge in [-0.2, -0.15) is 0 Å². The summed E-state index contributed by atoms with van der Waals surface area (Å²) >= 11 is 0. The summed E-state index contributed by atoms with van der Waals surface area (Å²) < 4.78 is 16.7. The van der Waals surface area contributed by atoms with Crippen molar-refractivity contribution in [3.05, 3.63) is 36.5 Å². The van der Waals surface area contributed by atoms with Crippen molar-refractivity contribution in [1.29, 1.82) is 0 Å². The summed E-state index contributed by atoms with van der Waals surface area (Å²) in [4.78, 5) is 37.7. The molecule has 0 aromatic heterocycles. The van der Waals surface area contributed by atoms with Gasteiger partial charge >= 0.3 is 17.9 Å². The zero-order valence-electron chi connectivity index (χ0n) is 35.7. The van der Waals surface area contributed by atoms with Crippen LogP contribution in [0, 0.1) is 0 Å². The van der Waals surface area contributed by atoms with Gasteiger partial charge in [0.2, 0.25) is 0 Å². The maximum atomic E-state index is 12.7. The first kappa shape index (κ1) is 51.6. The van der Waals surface area contributed by atoms with Crippen LogP contribution in [-0.2, 0) is 28.6 Å². The Morgan fingerprint density at radius 3 is 1.15 bits per heavy atom. The molecule has 0 fully saturated rings. The van der Waals surface area contributed by atoms with Crippen molar-refractivity contribution in [3.63, 3.8) is 0 Å². The van der Waals surface area contributed by atoms with Gasteiger partial charge in [-0.25, -0.2) is 0 Å². The van der Waals surface area contributed by atoms with Crippen molar-refractivity contribution in [2.24, 2.45) is 0 Å². The van der Waals surface area contributed by atoms with Gasteiger partial charge in [-0.05, 0) is 70.6 Å². The van der Waals surface area contributed by atoms with E-state index in [0.29, 0.717) is 19.3 Å². The molecule has 0 amide bonds. The molecule has 0 aliphatic rings. The van der Waals surface area contributed by atoms with Crippen molar-refractivity contribution >= 4 is 17.9 Å². The molecular formula is C48H86O6. The topological polar surface area (TPSA) is 78.9 Å². The van der Waals surface area contributed by atoms with Crippen LogP contribution in [0.4, 0.5) is 0 Å². The molecule has 0 aliphatic heterocycles. The second kappa shape index (κ2) is 43.4. The predicted molar refractivity (Wildman–Crippen MR) is 229 cm³/mol. The number of carbonyl (C=O) groups excluding carboxylic acids is 3. The third-order valence-corrected chi connectivity index (χ3v) is 9.88. The minimum Gasteiger partial charge on any atom is -0.462 e. The molecular weight excluding hydrogens is 673 g/mol. The normalized spacial score (nSPS) is 12.3. The highest BCUT2D eigenvalue weighted by Crippen LogP contribution is 2.14. The SMILES string of the molecule is CC/C=C\C/C=C\CCCCCCCC(=O)OC(COC(=O)CCCCCCCCC/C=C\CCCCCC)COC(=O)CCCCCCCCCCC. The van der Waals surface area contributed by atoms with Crippen LogP contribution in [0.5, 0.6) is 0 Å². The van der Waals surface area contributed by atoms with Gasteiger partial charge in [0.05, 0.1) is 0 Å². The number of hydrogen-bond donors (Lipinski definition) is 0. The van der Waals surface area contributed by atoms with Crippen LogP contribution in [0.15, 0.2) is 36.5 Å². The average Bonchev–Trinajstić information content (AvgIpc) is 3.17. The summed E-state index contributed by atoms with van der Waals surface area (Å²) in [5.74, 6) is -0.898. The molecule has 0 heterocycles. The molecule has 0 radical (unpaired) electrons. The molecule has 0 saturated carbocycles. The van der Waals surface area contributed by atoms with E-state index >= 15 is 0 Å². The Morgan fingerprint density at radius 1 is 0.389 bits per heavy atom. The number of esters is 3. The second-order valence-corrected chi connectivity index (χ2v) is 15.3. The molecule has 1 atom stereocenters. The molecule has 0 spiro atoms. The van der Waals surface area contributed by atoms with Gasteiger partial charge < -0.3 is 14.2 Å². The molecule has 314 valence electrons. The number of carbonyl (C=O) groups is 3. The van der Waals surface area contributed by atoms with Crippen LogP contribution in [-0.4, -0.2) is 37.2 Å². The Balaban J connectivity index is 4.35. The fourth-order valence-corrected chi connectivity index (χ4v) is 6.41. The zero-order valence-corrected chi connectivity index (χ0v) is 35.7. The summed E-state index contributed by atoms with van der Waals surface area (Å²) in [6, 6.07) is 0. The Morgan fingerprint density at radius 2 is 0.722 bits per heavy atom. The van der Waals surface area contributed by atoms with E-state index in [4.69, 9.17) is 14.2 Å². The maximum Gasteiger partial charge on any atom is 0.306 e. The fraction of sp³-hybridized carbons (Fsp3) is 0.812. The second-order valence-electron chi connectivity index (χ2n) is 15.3. The first-order valence-corrected chi connectivity index (χ1v) is 23.0. The summed E-state index contributed by atoms with van der Waals surface area (Å²) in [6.07, 6.45) is 48.4. The van der Waals surface area contributed by atoms with Gasteiger partial charge in [0.1, 0.15) is 13.2 Å². The lowest BCUT2D eigenvalue weighted by molar-refractivity contribution is -0.167. The summed E-state index contributed by atoms with van der Waals surface area (Å²) in [5.41, 5.74) is 0. The van der Waals surface area contributed by atoms with Crippen molar-refractivity contribution in [2.75, 3.05) is 13.2 Å². The monoisotopic (exact) mass is 759 g/mol. The maximum absolute atomic E-state index is 12.7. The van der Waals surface area contributed by atoms with E-state index in [9.17, 15) is 14.4 Å². The van der Waals surface area contributed by atoms with E-state index in [-0.39, 0.29) is 31.1 Å². The smallest absolute Gasteiger partial charge is 0.306 e. The standard InChI is InChI=1S/C48H86O6/c1-4-7-10-13-16-19-21-23-24-25-27-29-32-35-38-41-47(50)53-44-45(43-52-46(49)40-37-34-31-28-18-15-12-9-6-3)54-48(51)42-39-36-33-30-26-22-20-17-14-11-8-5-2/h8,11,17,19-21,45H,4-7,9-10,12-16,18,22-44H2,1-3H3/b11-8-,20-17-,21-19-. The van der Waals surface area contributed by atoms with E-state index in [1.54, 1.807) is 0 Å². The van der Waals surface area contributed by atoms with Gasteiger partial charge in [0.25, 0.3) is 0 Å². The molecule has 0 N–H and O–H groups in total. The van der Waals surface area contributed by atoms with Gasteiger partial charge in [-0.15, -0.1) is 0 Å². The molecule has 0 aliphatic carbocycles. The van der Waals surface area contributed by atoms with Crippen LogP contribution < -0.4 is 0 Å². The number of unbranched alkanes of at least 4 members (excludes halogenated alkanes) is 24. The highest BCUT2D eigenvalue weighted by molar-refractivity contribution is 5.71. The van der Waals surface area contributed by atoms with Gasteiger partial charge in [-0.1, -0.05) is 179 Å². The molecule has 1 unspecified atom stereocenters. The van der Waals surface area contributed by atoms with E-state index in [2.05, 4.69) is 57.2 Å². The van der Waals surface area contributed by atoms with Crippen LogP contribution >= 0.6 is 0 Å². The number of allylic oxidation sites excluding steroid dienone is 6. The van der Waals surface area contributed by atoms with Crippen LogP contribution in [0.25, 0.3) is 0 Å². The summed E-state index contributed by atoms with van der Waals surface area (Å²) in [5, 5.41) is 0. The lowest BCUT2D eigenvalue weighted by Gasteiger charge is -2.18. The van der Waals surface area contributed by atoms with E-state index in [1.165, 1.54) is 103 Å². The highest BCUT2D eigenvalue weighted by Gasteiger charge is 2.19. The Bertz CT molecular complexity index is 922. The van der Waals surface area contributed by atoms with Crippen LogP contribution in [0.2, 0.25) is 0 Å². The first-order chi connectivity index (χ1) is 26.5. The van der Waals surface area contributed by atoms with E-state index < -0.39 is 6.10 Å². The lowest BCUT2D eigenvalue weighted by atomic mass is 10.1. The van der Waals surface area contributed by atoms with Gasteiger partial charge in [-0.3, -0.25) is 14.4 Å². The quantitative estimate of drug-likeness (QED) is 0.0267. The average molecular weight is 759 g/mol. The molecule has 0 saturated heterocycles. The van der Waals surface area contributed by atoms with Gasteiger partial charge in [0.15, 0.2) is 6.10 Å². The minimum absolute atomic E-state index is 0.0776. The van der Waals surface area contributed by atoms with Crippen molar-refractivity contribution in [2.45, 2.75) is 239 Å². The Kier molecular flexibility index (Phi) is 41.5. The molecule has 0 aromatic rings. The number of ether oxygens (including phenoxy) is 3. The molecule has 54 heavy (non-hydrogen) atoms. The fourth-order valence-electron chi connectivity index (χ4n) is 6.41. The van der Waals surface area contributed by atoms with E-state index in [0.717, 1.165) is 89.9 Å². The van der Waals surface area contributed by atoms with Gasteiger partial charge in [0, 0.05) is 19.3 Å². The summed E-state index contributed by atoms with van der Waals surface area (Å²) in [6.45, 7) is 6.48. The van der Waals surface area contributed by atoms with Crippen molar-refractivity contribution in [1.82, 2.24) is 0 Å². The Hall–Kier alpha value is -2.37. The van der Waals surface area contributed by atoms with E-state index in [1.807, 2.05) is 0 Å². The minimum atomic E-state index is -0.775. The number of hydrogen-bond acceptors (Lipinski definition) is 6. The molecule has 0 bridgehead atoms. The molecule has 0 rings (SSSR count). The van der Waals surface area contributed by atoms with Crippen LogP contribution in [0.1, 0.15) is 233 Å². The number of rotatable bonds is 41. The molecule has 6 heteroatoms. The molecule has 0 aromatic carbocycles. The largest absolute Gasteiger partial charge is 0.462 e. The summed E-state index contributed by atoms with van der Waals surface area (Å²) in [7, 11) is 0. The van der Waals surface area contributed by atoms with Crippen LogP contribution in [0.3, 0.4) is 0 Å². The lowest BCUT2D eigenvalue weighted by Crippen LogP contribution is -2.30. The van der Waals surface area contributed by atoms with Crippen molar-refractivity contribution in [3.8, 4) is 0 Å². The third kappa shape index (κ3) is 40.8. The Labute approximate surface area is 334 Å². The predicted octanol–water partition coefficient (Wildman–Crippen LogP) is 14.6. The molecule has 6 nitrogen and oxygen atoms in total. The first-order valence-electron chi connectivity index (χ1n) is 23.0. The highest BCUT2D eigenvalue weighted by atomic mass is 16.6. The third-order valence-electron chi connectivity index (χ3n) is 9.88.